The van der Waals surface area contributed by atoms with Gasteiger partial charge >= 0.3 is 0 Å². The highest BCUT2D eigenvalue weighted by Gasteiger charge is 2.39. The van der Waals surface area contributed by atoms with Gasteiger partial charge in [-0.15, -0.1) is 0 Å². The minimum atomic E-state index is -3.12. The topological polar surface area (TPSA) is 34.9 Å². The Hall–Kier alpha value is -4.46. The van der Waals surface area contributed by atoms with Crippen molar-refractivity contribution in [1.29, 1.82) is 0 Å². The standard InChI is InChI=1S/C35H25N2OP/c1-2-34-36-30-17-10-18-33-35(30)37(34)31-22-24(19-20-32(31)39(33,38)25-12-4-3-5-13-25)29-21-23-11-6-7-14-26(23)27-15-8-9-16-28(27)29/h3-22H,2H2,1H3. The van der Waals surface area contributed by atoms with Gasteiger partial charge < -0.3 is 4.57 Å². The Kier molecular flexibility index (Phi) is 4.77. The van der Waals surface area contributed by atoms with Crippen LogP contribution in [0.4, 0.5) is 0 Å². The SMILES string of the molecule is CCc1nc2cccc3c2n1-c1cc(-c2cc4ccccc4c4ccccc24)ccc1P3(=O)c1ccccc1. The van der Waals surface area contributed by atoms with Crippen molar-refractivity contribution in [2.45, 2.75) is 13.3 Å². The van der Waals surface area contributed by atoms with Crippen LogP contribution < -0.4 is 15.9 Å². The summed E-state index contributed by atoms with van der Waals surface area (Å²) in [5.41, 5.74) is 5.12. The van der Waals surface area contributed by atoms with E-state index in [2.05, 4.69) is 84.3 Å². The van der Waals surface area contributed by atoms with Gasteiger partial charge in [0, 0.05) is 22.3 Å². The molecule has 0 spiro atoms. The van der Waals surface area contributed by atoms with Gasteiger partial charge in [-0.1, -0.05) is 97.9 Å². The average Bonchev–Trinajstić information content (AvgIpc) is 3.39. The number of fused-ring (bicyclic) bond motifs is 5. The lowest BCUT2D eigenvalue weighted by atomic mass is 9.93. The molecule has 39 heavy (non-hydrogen) atoms. The van der Waals surface area contributed by atoms with Crippen LogP contribution in [-0.4, -0.2) is 9.55 Å². The van der Waals surface area contributed by atoms with Crippen LogP contribution in [0.3, 0.4) is 0 Å². The molecule has 1 aliphatic rings. The van der Waals surface area contributed by atoms with Crippen molar-refractivity contribution >= 4 is 55.6 Å². The molecule has 7 aromatic rings. The van der Waals surface area contributed by atoms with Crippen molar-refractivity contribution in [3.63, 3.8) is 0 Å². The fourth-order valence-corrected chi connectivity index (χ4v) is 9.37. The Bertz CT molecular complexity index is 2140. The Balaban J connectivity index is 1.49. The molecule has 0 bridgehead atoms. The van der Waals surface area contributed by atoms with Crippen LogP contribution in [0.25, 0.3) is 49.4 Å². The zero-order chi connectivity index (χ0) is 26.1. The third kappa shape index (κ3) is 3.05. The maximum absolute atomic E-state index is 15.4. The molecule has 1 unspecified atom stereocenters. The fourth-order valence-electron chi connectivity index (χ4n) is 6.38. The fraction of sp³-hybridized carbons (Fsp3) is 0.0571. The lowest BCUT2D eigenvalue weighted by molar-refractivity contribution is 0.592. The van der Waals surface area contributed by atoms with Crippen molar-refractivity contribution in [2.24, 2.45) is 0 Å². The van der Waals surface area contributed by atoms with E-state index < -0.39 is 7.14 Å². The Morgan fingerprint density at radius 3 is 2.26 bits per heavy atom. The summed E-state index contributed by atoms with van der Waals surface area (Å²) in [6.45, 7) is 2.14. The molecule has 1 aliphatic heterocycles. The maximum Gasteiger partial charge on any atom is 0.175 e. The van der Waals surface area contributed by atoms with E-state index >= 15 is 4.57 Å². The molecule has 3 nitrogen and oxygen atoms in total. The van der Waals surface area contributed by atoms with Gasteiger partial charge in [-0.05, 0) is 63.0 Å². The zero-order valence-corrected chi connectivity index (χ0v) is 22.4. The van der Waals surface area contributed by atoms with Crippen molar-refractivity contribution in [3.8, 4) is 16.8 Å². The second kappa shape index (κ2) is 8.27. The first-order chi connectivity index (χ1) is 19.2. The lowest BCUT2D eigenvalue weighted by Crippen LogP contribution is -2.33. The summed E-state index contributed by atoms with van der Waals surface area (Å²) in [4.78, 5) is 5.00. The number of aromatic nitrogens is 2. The van der Waals surface area contributed by atoms with Crippen LogP contribution in [0.5, 0.6) is 0 Å². The normalized spacial score (nSPS) is 16.1. The monoisotopic (exact) mass is 520 g/mol. The predicted octanol–water partition coefficient (Wildman–Crippen LogP) is 7.51. The Labute approximate surface area is 226 Å². The van der Waals surface area contributed by atoms with Gasteiger partial charge in [-0.3, -0.25) is 4.57 Å². The van der Waals surface area contributed by atoms with Gasteiger partial charge in [0.2, 0.25) is 0 Å². The molecule has 0 N–H and O–H groups in total. The number of benzene rings is 6. The molecule has 0 radical (unpaired) electrons. The van der Waals surface area contributed by atoms with Crippen molar-refractivity contribution in [3.05, 3.63) is 127 Å². The molecule has 1 aromatic heterocycles. The second-order valence-corrected chi connectivity index (χ2v) is 12.9. The number of hydrogen-bond acceptors (Lipinski definition) is 2. The van der Waals surface area contributed by atoms with E-state index in [1.165, 1.54) is 27.1 Å². The maximum atomic E-state index is 15.4. The molecule has 0 aliphatic carbocycles. The number of nitrogens with zero attached hydrogens (tertiary/aromatic N) is 2. The predicted molar refractivity (Wildman–Crippen MR) is 164 cm³/mol. The Morgan fingerprint density at radius 2 is 1.44 bits per heavy atom. The summed E-state index contributed by atoms with van der Waals surface area (Å²) < 4.78 is 17.6. The minimum absolute atomic E-state index is 0.784. The van der Waals surface area contributed by atoms with Gasteiger partial charge in [-0.25, -0.2) is 4.98 Å². The van der Waals surface area contributed by atoms with E-state index in [9.17, 15) is 0 Å². The van der Waals surface area contributed by atoms with Crippen molar-refractivity contribution in [2.75, 3.05) is 0 Å². The summed E-state index contributed by atoms with van der Waals surface area (Å²) in [6, 6.07) is 42.0. The van der Waals surface area contributed by atoms with E-state index in [1.807, 2.05) is 48.5 Å². The van der Waals surface area contributed by atoms with Gasteiger partial charge in [0.15, 0.2) is 7.14 Å². The molecule has 8 rings (SSSR count). The largest absolute Gasteiger partial charge is 0.308 e. The Morgan fingerprint density at radius 1 is 0.692 bits per heavy atom. The molecule has 6 aromatic carbocycles. The van der Waals surface area contributed by atoms with E-state index in [1.54, 1.807) is 0 Å². The zero-order valence-electron chi connectivity index (χ0n) is 21.5. The lowest BCUT2D eigenvalue weighted by Gasteiger charge is -2.29. The first-order valence-electron chi connectivity index (χ1n) is 13.4. The highest BCUT2D eigenvalue weighted by molar-refractivity contribution is 7.86. The molecule has 1 atom stereocenters. The minimum Gasteiger partial charge on any atom is -0.308 e. The van der Waals surface area contributed by atoms with Crippen LogP contribution in [-0.2, 0) is 11.0 Å². The van der Waals surface area contributed by atoms with Crippen LogP contribution in [0.15, 0.2) is 121 Å². The average molecular weight is 521 g/mol. The quantitative estimate of drug-likeness (QED) is 0.178. The highest BCUT2D eigenvalue weighted by Crippen LogP contribution is 2.50. The van der Waals surface area contributed by atoms with Gasteiger partial charge in [0.1, 0.15) is 5.82 Å². The molecule has 186 valence electrons. The summed E-state index contributed by atoms with van der Waals surface area (Å²) in [6.07, 6.45) is 0.784. The van der Waals surface area contributed by atoms with E-state index in [-0.39, 0.29) is 0 Å². The highest BCUT2D eigenvalue weighted by atomic mass is 31.2. The summed E-state index contributed by atoms with van der Waals surface area (Å²) >= 11 is 0. The van der Waals surface area contributed by atoms with E-state index in [0.29, 0.717) is 0 Å². The molecule has 2 heterocycles. The first kappa shape index (κ1) is 22.5. The third-order valence-corrected chi connectivity index (χ3v) is 11.3. The van der Waals surface area contributed by atoms with Crippen LogP contribution >= 0.6 is 7.14 Å². The molecule has 0 saturated heterocycles. The van der Waals surface area contributed by atoms with Gasteiger partial charge in [0.25, 0.3) is 0 Å². The molecular weight excluding hydrogens is 495 g/mol. The van der Waals surface area contributed by atoms with Crippen LogP contribution in [0.1, 0.15) is 12.7 Å². The number of rotatable bonds is 3. The van der Waals surface area contributed by atoms with Crippen molar-refractivity contribution in [1.82, 2.24) is 9.55 Å². The summed E-state index contributed by atoms with van der Waals surface area (Å²) in [5, 5.41) is 7.51. The molecular formula is C35H25N2OP. The van der Waals surface area contributed by atoms with E-state index in [0.717, 1.165) is 50.4 Å². The summed E-state index contributed by atoms with van der Waals surface area (Å²) in [7, 11) is -3.12. The third-order valence-electron chi connectivity index (χ3n) is 8.13. The number of para-hydroxylation sites is 1. The smallest absolute Gasteiger partial charge is 0.175 e. The van der Waals surface area contributed by atoms with E-state index in [4.69, 9.17) is 4.98 Å². The van der Waals surface area contributed by atoms with Crippen LogP contribution in [0.2, 0.25) is 0 Å². The van der Waals surface area contributed by atoms with Gasteiger partial charge in [-0.2, -0.15) is 0 Å². The molecule has 4 heteroatoms. The molecule has 0 saturated carbocycles. The summed E-state index contributed by atoms with van der Waals surface area (Å²) in [5.74, 6) is 0.985. The number of imidazole rings is 1. The molecule has 0 fully saturated rings. The first-order valence-corrected chi connectivity index (χ1v) is 15.1. The van der Waals surface area contributed by atoms with Crippen LogP contribution in [0, 0.1) is 0 Å². The number of aryl methyl sites for hydroxylation is 1. The second-order valence-electron chi connectivity index (χ2n) is 10.2. The van der Waals surface area contributed by atoms with Gasteiger partial charge in [0.05, 0.1) is 16.7 Å². The van der Waals surface area contributed by atoms with Crippen molar-refractivity contribution < 1.29 is 4.57 Å². The number of hydrogen-bond donors (Lipinski definition) is 0. The molecule has 0 amide bonds.